The summed E-state index contributed by atoms with van der Waals surface area (Å²) in [7, 11) is 3.60. The highest BCUT2D eigenvalue weighted by atomic mass is 16.5. The molecule has 0 saturated heterocycles. The quantitative estimate of drug-likeness (QED) is 0.830. The van der Waals surface area contributed by atoms with Crippen molar-refractivity contribution in [3.8, 4) is 5.75 Å². The van der Waals surface area contributed by atoms with Crippen LogP contribution < -0.4 is 4.74 Å². The van der Waals surface area contributed by atoms with Crippen molar-refractivity contribution in [3.05, 3.63) is 47.8 Å². The maximum Gasteiger partial charge on any atom is 0.123 e. The lowest BCUT2D eigenvalue weighted by Crippen LogP contribution is -2.27. The number of aliphatic hydroxyl groups excluding tert-OH is 1. The summed E-state index contributed by atoms with van der Waals surface area (Å²) in [6.07, 6.45) is 1.79. The lowest BCUT2D eigenvalue weighted by Gasteiger charge is -2.22. The number of aryl methyl sites for hydroxylation is 1. The average Bonchev–Trinajstić information content (AvgIpc) is 2.85. The van der Waals surface area contributed by atoms with Crippen LogP contribution in [0.1, 0.15) is 11.3 Å². The predicted octanol–water partition coefficient (Wildman–Crippen LogP) is 1.42. The summed E-state index contributed by atoms with van der Waals surface area (Å²) in [6.45, 7) is 2.22. The summed E-state index contributed by atoms with van der Waals surface area (Å²) >= 11 is 0. The first kappa shape index (κ1) is 14.6. The van der Waals surface area contributed by atoms with Gasteiger partial charge in [-0.1, -0.05) is 18.2 Å². The first-order valence-corrected chi connectivity index (χ1v) is 6.66. The fourth-order valence-electron chi connectivity index (χ4n) is 2.22. The van der Waals surface area contributed by atoms with Crippen molar-refractivity contribution in [2.75, 3.05) is 20.3 Å². The van der Waals surface area contributed by atoms with Crippen LogP contribution >= 0.6 is 0 Å². The van der Waals surface area contributed by atoms with E-state index in [0.717, 1.165) is 30.1 Å². The number of ether oxygens (including phenoxy) is 1. The normalized spacial score (nSPS) is 11.0. The molecule has 0 amide bonds. The maximum absolute atomic E-state index is 9.24. The Morgan fingerprint density at radius 3 is 2.70 bits per heavy atom. The number of benzene rings is 1. The number of hydrogen-bond acceptors (Lipinski definition) is 4. The zero-order valence-corrected chi connectivity index (χ0v) is 12.0. The van der Waals surface area contributed by atoms with Crippen LogP contribution in [0.25, 0.3) is 0 Å². The van der Waals surface area contributed by atoms with E-state index in [1.54, 1.807) is 13.3 Å². The van der Waals surface area contributed by atoms with Gasteiger partial charge in [0, 0.05) is 38.4 Å². The van der Waals surface area contributed by atoms with E-state index in [9.17, 15) is 5.11 Å². The van der Waals surface area contributed by atoms with Gasteiger partial charge in [-0.05, 0) is 12.1 Å². The fraction of sp³-hybridized carbons (Fsp3) is 0.400. The molecule has 0 spiro atoms. The van der Waals surface area contributed by atoms with Gasteiger partial charge in [0.1, 0.15) is 5.75 Å². The van der Waals surface area contributed by atoms with E-state index in [1.165, 1.54) is 0 Å². The monoisotopic (exact) mass is 275 g/mol. The Morgan fingerprint density at radius 1 is 1.25 bits per heavy atom. The zero-order valence-electron chi connectivity index (χ0n) is 12.0. The van der Waals surface area contributed by atoms with Crippen LogP contribution in [0, 0.1) is 0 Å². The number of nitrogens with zero attached hydrogens (tertiary/aromatic N) is 3. The first-order chi connectivity index (χ1) is 9.74. The number of methoxy groups -OCH3 is 1. The van der Waals surface area contributed by atoms with Crippen molar-refractivity contribution in [2.45, 2.75) is 13.1 Å². The second-order valence-electron chi connectivity index (χ2n) is 4.69. The molecule has 108 valence electrons. The van der Waals surface area contributed by atoms with E-state index in [2.05, 4.69) is 10.00 Å². The van der Waals surface area contributed by atoms with Gasteiger partial charge >= 0.3 is 0 Å². The van der Waals surface area contributed by atoms with Gasteiger partial charge in [-0.25, -0.2) is 0 Å². The Labute approximate surface area is 119 Å². The van der Waals surface area contributed by atoms with Crippen molar-refractivity contribution in [3.63, 3.8) is 0 Å². The summed E-state index contributed by atoms with van der Waals surface area (Å²) in [5.41, 5.74) is 2.24. The molecule has 1 aromatic heterocycles. The summed E-state index contributed by atoms with van der Waals surface area (Å²) in [6, 6.07) is 9.95. The van der Waals surface area contributed by atoms with Crippen molar-refractivity contribution in [1.29, 1.82) is 0 Å². The molecule has 0 atom stereocenters. The van der Waals surface area contributed by atoms with Gasteiger partial charge in [-0.2, -0.15) is 5.10 Å². The van der Waals surface area contributed by atoms with Crippen LogP contribution in [0.5, 0.6) is 5.75 Å². The second-order valence-corrected chi connectivity index (χ2v) is 4.69. The SMILES string of the molecule is COc1ccccc1CN(CCO)Cc1ccnn1C. The molecule has 1 aromatic carbocycles. The molecule has 0 aliphatic carbocycles. The molecule has 5 nitrogen and oxygen atoms in total. The van der Waals surface area contributed by atoms with E-state index < -0.39 is 0 Å². The van der Waals surface area contributed by atoms with Crippen LogP contribution in [0.3, 0.4) is 0 Å². The summed E-state index contributed by atoms with van der Waals surface area (Å²) < 4.78 is 7.23. The number of rotatable bonds is 7. The molecule has 5 heteroatoms. The third-order valence-corrected chi connectivity index (χ3v) is 3.31. The van der Waals surface area contributed by atoms with Gasteiger partial charge in [0.05, 0.1) is 19.4 Å². The first-order valence-electron chi connectivity index (χ1n) is 6.66. The summed E-state index contributed by atoms with van der Waals surface area (Å²) in [5, 5.41) is 13.4. The van der Waals surface area contributed by atoms with Crippen molar-refractivity contribution < 1.29 is 9.84 Å². The Kier molecular flexibility index (Phi) is 5.15. The van der Waals surface area contributed by atoms with Gasteiger partial charge in [0.25, 0.3) is 0 Å². The van der Waals surface area contributed by atoms with Crippen LogP contribution in [-0.2, 0) is 20.1 Å². The third kappa shape index (κ3) is 3.59. The van der Waals surface area contributed by atoms with E-state index in [0.29, 0.717) is 6.54 Å². The molecular formula is C15H21N3O2. The fourth-order valence-corrected chi connectivity index (χ4v) is 2.22. The highest BCUT2D eigenvalue weighted by molar-refractivity contribution is 5.33. The number of aromatic nitrogens is 2. The number of aliphatic hydroxyl groups is 1. The van der Waals surface area contributed by atoms with Crippen LogP contribution in [0.2, 0.25) is 0 Å². The molecule has 20 heavy (non-hydrogen) atoms. The molecule has 1 heterocycles. The molecule has 0 aliphatic rings. The standard InChI is InChI=1S/C15H21N3O2/c1-17-14(7-8-16-17)12-18(9-10-19)11-13-5-3-4-6-15(13)20-2/h3-8,19H,9-12H2,1-2H3. The molecule has 0 radical (unpaired) electrons. The molecular weight excluding hydrogens is 254 g/mol. The van der Waals surface area contributed by atoms with Gasteiger partial charge in [0.15, 0.2) is 0 Å². The molecule has 0 aliphatic heterocycles. The van der Waals surface area contributed by atoms with E-state index in [4.69, 9.17) is 4.74 Å². The number of hydrogen-bond donors (Lipinski definition) is 1. The maximum atomic E-state index is 9.24. The number of para-hydroxylation sites is 1. The van der Waals surface area contributed by atoms with Crippen LogP contribution in [0.15, 0.2) is 36.5 Å². The third-order valence-electron chi connectivity index (χ3n) is 3.31. The van der Waals surface area contributed by atoms with Gasteiger partial charge in [-0.3, -0.25) is 9.58 Å². The summed E-state index contributed by atoms with van der Waals surface area (Å²) in [4.78, 5) is 2.18. The Morgan fingerprint density at radius 2 is 2.05 bits per heavy atom. The highest BCUT2D eigenvalue weighted by Gasteiger charge is 2.11. The Balaban J connectivity index is 2.11. The lowest BCUT2D eigenvalue weighted by atomic mass is 10.2. The molecule has 2 aromatic rings. The van der Waals surface area contributed by atoms with E-state index >= 15 is 0 Å². The Hall–Kier alpha value is -1.85. The van der Waals surface area contributed by atoms with Crippen molar-refractivity contribution >= 4 is 0 Å². The molecule has 1 N–H and O–H groups in total. The van der Waals surface area contributed by atoms with Crippen LogP contribution in [0.4, 0.5) is 0 Å². The molecule has 2 rings (SSSR count). The van der Waals surface area contributed by atoms with Gasteiger partial charge in [-0.15, -0.1) is 0 Å². The second kappa shape index (κ2) is 7.07. The largest absolute Gasteiger partial charge is 0.496 e. The molecule has 0 fully saturated rings. The minimum atomic E-state index is 0.132. The van der Waals surface area contributed by atoms with E-state index in [-0.39, 0.29) is 6.61 Å². The average molecular weight is 275 g/mol. The molecule has 0 unspecified atom stereocenters. The minimum absolute atomic E-state index is 0.132. The lowest BCUT2D eigenvalue weighted by molar-refractivity contribution is 0.180. The highest BCUT2D eigenvalue weighted by Crippen LogP contribution is 2.20. The minimum Gasteiger partial charge on any atom is -0.496 e. The molecule has 0 bridgehead atoms. The van der Waals surface area contributed by atoms with E-state index in [1.807, 2.05) is 42.1 Å². The van der Waals surface area contributed by atoms with Gasteiger partial charge < -0.3 is 9.84 Å². The predicted molar refractivity (Wildman–Crippen MR) is 77.4 cm³/mol. The van der Waals surface area contributed by atoms with Crippen molar-refractivity contribution in [1.82, 2.24) is 14.7 Å². The smallest absolute Gasteiger partial charge is 0.123 e. The Bertz CT molecular complexity index is 539. The zero-order chi connectivity index (χ0) is 14.4. The topological polar surface area (TPSA) is 50.5 Å². The molecule has 0 saturated carbocycles. The van der Waals surface area contributed by atoms with Crippen molar-refractivity contribution in [2.24, 2.45) is 7.05 Å². The summed E-state index contributed by atoms with van der Waals surface area (Å²) in [5.74, 6) is 0.875. The van der Waals surface area contributed by atoms with Crippen LogP contribution in [-0.4, -0.2) is 40.0 Å². The van der Waals surface area contributed by atoms with Gasteiger partial charge in [0.2, 0.25) is 0 Å².